The van der Waals surface area contributed by atoms with Crippen LogP contribution in [0.3, 0.4) is 0 Å². The second kappa shape index (κ2) is 5.09. The Kier molecular flexibility index (Phi) is 3.28. The van der Waals surface area contributed by atoms with Gasteiger partial charge in [-0.05, 0) is 36.8 Å². The topological polar surface area (TPSA) is 42.2 Å². The van der Waals surface area contributed by atoms with Crippen molar-refractivity contribution in [3.05, 3.63) is 58.6 Å². The van der Waals surface area contributed by atoms with Gasteiger partial charge in [0, 0.05) is 10.1 Å². The van der Waals surface area contributed by atoms with E-state index in [9.17, 15) is 9.18 Å². The highest BCUT2D eigenvalue weighted by Crippen LogP contribution is 2.32. The van der Waals surface area contributed by atoms with E-state index in [0.717, 1.165) is 4.70 Å². The molecule has 0 aliphatic carbocycles. The molecule has 102 valence electrons. The fourth-order valence-electron chi connectivity index (χ4n) is 2.13. The van der Waals surface area contributed by atoms with Crippen molar-refractivity contribution in [1.29, 1.82) is 0 Å². The van der Waals surface area contributed by atoms with E-state index in [0.29, 0.717) is 28.1 Å². The fourth-order valence-corrected chi connectivity index (χ4v) is 3.27. The van der Waals surface area contributed by atoms with Crippen molar-refractivity contribution in [3.63, 3.8) is 0 Å². The standard InChI is InChI=1S/C15H12FNO2S/c1-9-13-11(16)5-2-6-12(13)20-14(9)15(18)17-8-10-4-3-7-19-10/h2-7H,8H2,1H3,(H,17,18). The molecular weight excluding hydrogens is 277 g/mol. The molecule has 1 amide bonds. The van der Waals surface area contributed by atoms with Gasteiger partial charge in [-0.25, -0.2) is 4.39 Å². The monoisotopic (exact) mass is 289 g/mol. The van der Waals surface area contributed by atoms with Crippen molar-refractivity contribution in [2.24, 2.45) is 0 Å². The zero-order valence-electron chi connectivity index (χ0n) is 10.8. The Labute approximate surface area is 119 Å². The Morgan fingerprint density at radius 3 is 2.90 bits per heavy atom. The summed E-state index contributed by atoms with van der Waals surface area (Å²) in [4.78, 5) is 12.7. The van der Waals surface area contributed by atoms with E-state index in [4.69, 9.17) is 4.42 Å². The number of fused-ring (bicyclic) bond motifs is 1. The van der Waals surface area contributed by atoms with Gasteiger partial charge in [0.2, 0.25) is 0 Å². The van der Waals surface area contributed by atoms with E-state index in [1.54, 1.807) is 31.4 Å². The van der Waals surface area contributed by atoms with Crippen molar-refractivity contribution in [2.45, 2.75) is 13.5 Å². The Balaban J connectivity index is 1.88. The molecule has 0 unspecified atom stereocenters. The number of thiophene rings is 1. The van der Waals surface area contributed by atoms with Crippen molar-refractivity contribution >= 4 is 27.3 Å². The summed E-state index contributed by atoms with van der Waals surface area (Å²) in [5.41, 5.74) is 0.681. The number of amides is 1. The molecule has 2 heterocycles. The molecule has 5 heteroatoms. The lowest BCUT2D eigenvalue weighted by Gasteiger charge is -2.02. The maximum atomic E-state index is 13.8. The van der Waals surface area contributed by atoms with Crippen molar-refractivity contribution in [2.75, 3.05) is 0 Å². The summed E-state index contributed by atoms with van der Waals surface area (Å²) in [6.45, 7) is 2.09. The van der Waals surface area contributed by atoms with E-state index < -0.39 is 0 Å². The van der Waals surface area contributed by atoms with Crippen LogP contribution in [0, 0.1) is 12.7 Å². The molecule has 2 aromatic heterocycles. The van der Waals surface area contributed by atoms with Crippen molar-refractivity contribution in [1.82, 2.24) is 5.32 Å². The number of halogens is 1. The van der Waals surface area contributed by atoms with Gasteiger partial charge in [0.25, 0.3) is 5.91 Å². The number of carbonyl (C=O) groups is 1. The van der Waals surface area contributed by atoms with Crippen LogP contribution in [0.25, 0.3) is 10.1 Å². The maximum Gasteiger partial charge on any atom is 0.262 e. The Morgan fingerprint density at radius 1 is 1.35 bits per heavy atom. The zero-order valence-corrected chi connectivity index (χ0v) is 11.6. The lowest BCUT2D eigenvalue weighted by Crippen LogP contribution is -2.22. The van der Waals surface area contributed by atoms with Gasteiger partial charge in [-0.3, -0.25) is 4.79 Å². The van der Waals surface area contributed by atoms with Gasteiger partial charge in [-0.1, -0.05) is 6.07 Å². The third-order valence-electron chi connectivity index (χ3n) is 3.11. The largest absolute Gasteiger partial charge is 0.467 e. The highest BCUT2D eigenvalue weighted by Gasteiger charge is 2.17. The number of furan rings is 1. The number of rotatable bonds is 3. The number of hydrogen-bond acceptors (Lipinski definition) is 3. The quantitative estimate of drug-likeness (QED) is 0.795. The van der Waals surface area contributed by atoms with Gasteiger partial charge in [-0.15, -0.1) is 11.3 Å². The molecular formula is C15H12FNO2S. The molecule has 0 fully saturated rings. The van der Waals surface area contributed by atoms with Crippen LogP contribution in [0.2, 0.25) is 0 Å². The molecule has 0 aliphatic rings. The minimum absolute atomic E-state index is 0.209. The third kappa shape index (κ3) is 2.20. The van der Waals surface area contributed by atoms with E-state index in [2.05, 4.69) is 5.32 Å². The summed E-state index contributed by atoms with van der Waals surface area (Å²) < 4.78 is 19.7. The van der Waals surface area contributed by atoms with Crippen LogP contribution in [-0.2, 0) is 6.54 Å². The Morgan fingerprint density at radius 2 is 2.20 bits per heavy atom. The van der Waals surface area contributed by atoms with Gasteiger partial charge >= 0.3 is 0 Å². The summed E-state index contributed by atoms with van der Waals surface area (Å²) in [6, 6.07) is 8.43. The van der Waals surface area contributed by atoms with E-state index in [1.165, 1.54) is 17.4 Å². The van der Waals surface area contributed by atoms with E-state index in [1.807, 2.05) is 6.07 Å². The molecule has 0 atom stereocenters. The van der Waals surface area contributed by atoms with Crippen LogP contribution in [0.15, 0.2) is 41.0 Å². The number of nitrogens with one attached hydrogen (secondary N) is 1. The number of carbonyl (C=O) groups excluding carboxylic acids is 1. The summed E-state index contributed by atoms with van der Waals surface area (Å²) in [7, 11) is 0. The SMILES string of the molecule is Cc1c(C(=O)NCc2ccco2)sc2cccc(F)c12. The zero-order chi connectivity index (χ0) is 14.1. The minimum atomic E-state index is -0.290. The average molecular weight is 289 g/mol. The molecule has 0 aliphatic heterocycles. The molecule has 0 spiro atoms. The lowest BCUT2D eigenvalue weighted by molar-refractivity contribution is 0.0951. The smallest absolute Gasteiger partial charge is 0.262 e. The van der Waals surface area contributed by atoms with Crippen molar-refractivity contribution in [3.8, 4) is 0 Å². The average Bonchev–Trinajstić information content (AvgIpc) is 3.05. The summed E-state index contributed by atoms with van der Waals surface area (Å²) >= 11 is 1.30. The number of benzene rings is 1. The summed E-state index contributed by atoms with van der Waals surface area (Å²) in [6.07, 6.45) is 1.56. The molecule has 3 rings (SSSR count). The molecule has 0 radical (unpaired) electrons. The third-order valence-corrected chi connectivity index (χ3v) is 4.37. The highest BCUT2D eigenvalue weighted by molar-refractivity contribution is 7.21. The van der Waals surface area contributed by atoms with Crippen molar-refractivity contribution < 1.29 is 13.6 Å². The van der Waals surface area contributed by atoms with Crippen LogP contribution in [-0.4, -0.2) is 5.91 Å². The molecule has 3 aromatic rings. The maximum absolute atomic E-state index is 13.8. The molecule has 20 heavy (non-hydrogen) atoms. The molecule has 0 saturated heterocycles. The first-order valence-corrected chi connectivity index (χ1v) is 6.96. The first kappa shape index (κ1) is 12.9. The Bertz CT molecular complexity index is 762. The minimum Gasteiger partial charge on any atom is -0.467 e. The van der Waals surface area contributed by atoms with Crippen LogP contribution in [0.1, 0.15) is 21.0 Å². The Hall–Kier alpha value is -2.14. The fraction of sp³-hybridized carbons (Fsp3) is 0.133. The van der Waals surface area contributed by atoms with Gasteiger partial charge in [0.15, 0.2) is 0 Å². The van der Waals surface area contributed by atoms with Gasteiger partial charge in [-0.2, -0.15) is 0 Å². The predicted octanol–water partition coefficient (Wildman–Crippen LogP) is 3.87. The molecule has 1 N–H and O–H groups in total. The first-order chi connectivity index (χ1) is 9.66. The van der Waals surface area contributed by atoms with Crippen LogP contribution >= 0.6 is 11.3 Å². The normalized spacial score (nSPS) is 10.9. The van der Waals surface area contributed by atoms with Gasteiger partial charge < -0.3 is 9.73 Å². The van der Waals surface area contributed by atoms with Crippen LogP contribution in [0.5, 0.6) is 0 Å². The van der Waals surface area contributed by atoms with E-state index >= 15 is 0 Å². The molecule has 0 bridgehead atoms. The number of aryl methyl sites for hydroxylation is 1. The first-order valence-electron chi connectivity index (χ1n) is 6.15. The predicted molar refractivity (Wildman–Crippen MR) is 76.4 cm³/mol. The van der Waals surface area contributed by atoms with Gasteiger partial charge in [0.1, 0.15) is 11.6 Å². The molecule has 3 nitrogen and oxygen atoms in total. The molecule has 1 aromatic carbocycles. The van der Waals surface area contributed by atoms with Crippen LogP contribution in [0.4, 0.5) is 4.39 Å². The lowest BCUT2D eigenvalue weighted by atomic mass is 10.1. The highest BCUT2D eigenvalue weighted by atomic mass is 32.1. The summed E-state index contributed by atoms with van der Waals surface area (Å²) in [5, 5.41) is 3.31. The second-order valence-corrected chi connectivity index (χ2v) is 5.48. The summed E-state index contributed by atoms with van der Waals surface area (Å²) in [5.74, 6) is 0.184. The van der Waals surface area contributed by atoms with Gasteiger partial charge in [0.05, 0.1) is 17.7 Å². The van der Waals surface area contributed by atoms with Crippen LogP contribution < -0.4 is 5.32 Å². The number of hydrogen-bond donors (Lipinski definition) is 1. The molecule has 0 saturated carbocycles. The second-order valence-electron chi connectivity index (χ2n) is 4.43. The van der Waals surface area contributed by atoms with E-state index in [-0.39, 0.29) is 11.7 Å².